The molecule has 2 aliphatic rings. The van der Waals surface area contributed by atoms with E-state index in [9.17, 15) is 9.90 Å². The van der Waals surface area contributed by atoms with Crippen LogP contribution < -0.4 is 0 Å². The van der Waals surface area contributed by atoms with Crippen LogP contribution in [0, 0.1) is 5.92 Å². The molecule has 1 aromatic carbocycles. The van der Waals surface area contributed by atoms with E-state index < -0.39 is 5.60 Å². The number of likely N-dealkylation sites (tertiary alicyclic amines) is 1. The van der Waals surface area contributed by atoms with Gasteiger partial charge in [0.25, 0.3) is 0 Å². The van der Waals surface area contributed by atoms with Crippen LogP contribution in [0.15, 0.2) is 18.2 Å². The number of hydrogen-bond donors (Lipinski definition) is 1. The molecule has 1 aromatic rings. The summed E-state index contributed by atoms with van der Waals surface area (Å²) >= 11 is 11.8. The molecule has 1 N–H and O–H groups in total. The van der Waals surface area contributed by atoms with Gasteiger partial charge in [-0.3, -0.25) is 4.79 Å². The standard InChI is InChI=1S/C14H15Cl2NO2/c15-11-4-1-9(5-12(11)16)6-13(18)17-7-14(19,8-17)10-2-3-10/h1,4-5,10,19H,2-3,6-8H2. The number of β-amino-alcohol motifs (C(OH)–C–C–N with tert-alkyl or cyclic N) is 1. The Hall–Kier alpha value is -0.770. The third kappa shape index (κ3) is 2.60. The molecule has 1 saturated heterocycles. The summed E-state index contributed by atoms with van der Waals surface area (Å²) in [5.74, 6) is 0.435. The minimum atomic E-state index is -0.618. The van der Waals surface area contributed by atoms with Gasteiger partial charge in [0.1, 0.15) is 5.60 Å². The van der Waals surface area contributed by atoms with E-state index in [-0.39, 0.29) is 5.91 Å². The van der Waals surface area contributed by atoms with Crippen LogP contribution in [0.5, 0.6) is 0 Å². The van der Waals surface area contributed by atoms with Gasteiger partial charge in [-0.15, -0.1) is 0 Å². The third-order valence-electron chi connectivity index (χ3n) is 3.96. The van der Waals surface area contributed by atoms with Crippen molar-refractivity contribution in [2.45, 2.75) is 24.9 Å². The van der Waals surface area contributed by atoms with Crippen molar-refractivity contribution in [2.75, 3.05) is 13.1 Å². The molecule has 2 fully saturated rings. The lowest BCUT2D eigenvalue weighted by molar-refractivity contribution is -0.158. The second-order valence-electron chi connectivity index (χ2n) is 5.55. The van der Waals surface area contributed by atoms with Gasteiger partial charge in [-0.2, -0.15) is 0 Å². The minimum Gasteiger partial charge on any atom is -0.386 e. The normalized spacial score (nSPS) is 21.1. The SMILES string of the molecule is O=C(Cc1ccc(Cl)c(Cl)c1)N1CC(O)(C2CC2)C1. The Morgan fingerprint density at radius 1 is 1.32 bits per heavy atom. The van der Waals surface area contributed by atoms with Crippen LogP contribution in [0.3, 0.4) is 0 Å². The Morgan fingerprint density at radius 3 is 2.58 bits per heavy atom. The molecule has 0 unspecified atom stereocenters. The highest BCUT2D eigenvalue weighted by atomic mass is 35.5. The summed E-state index contributed by atoms with van der Waals surface area (Å²) in [5.41, 5.74) is 0.231. The molecule has 0 aromatic heterocycles. The molecule has 3 rings (SSSR count). The lowest BCUT2D eigenvalue weighted by atomic mass is 9.88. The van der Waals surface area contributed by atoms with Gasteiger partial charge in [-0.25, -0.2) is 0 Å². The predicted octanol–water partition coefficient (Wildman–Crippen LogP) is 2.52. The van der Waals surface area contributed by atoms with Crippen molar-refractivity contribution in [1.82, 2.24) is 4.90 Å². The van der Waals surface area contributed by atoms with Crippen LogP contribution in [-0.4, -0.2) is 34.6 Å². The molecule has 5 heteroatoms. The van der Waals surface area contributed by atoms with Crippen molar-refractivity contribution in [3.8, 4) is 0 Å². The number of hydrogen-bond acceptors (Lipinski definition) is 2. The van der Waals surface area contributed by atoms with Gasteiger partial charge < -0.3 is 10.0 Å². The predicted molar refractivity (Wildman–Crippen MR) is 74.4 cm³/mol. The fourth-order valence-corrected chi connectivity index (χ4v) is 2.93. The number of rotatable bonds is 3. The molecular weight excluding hydrogens is 285 g/mol. The first-order valence-corrected chi connectivity index (χ1v) is 7.18. The minimum absolute atomic E-state index is 0.0312. The monoisotopic (exact) mass is 299 g/mol. The van der Waals surface area contributed by atoms with E-state index in [1.165, 1.54) is 0 Å². The lowest BCUT2D eigenvalue weighted by Crippen LogP contribution is -2.65. The highest BCUT2D eigenvalue weighted by Crippen LogP contribution is 2.44. The van der Waals surface area contributed by atoms with Crippen LogP contribution >= 0.6 is 23.2 Å². The molecule has 1 aliphatic heterocycles. The first-order chi connectivity index (χ1) is 8.98. The van der Waals surface area contributed by atoms with Crippen LogP contribution in [0.2, 0.25) is 10.0 Å². The van der Waals surface area contributed by atoms with Crippen molar-refractivity contribution in [3.05, 3.63) is 33.8 Å². The Morgan fingerprint density at radius 2 is 2.00 bits per heavy atom. The summed E-state index contributed by atoms with van der Waals surface area (Å²) in [6.07, 6.45) is 2.48. The number of carbonyl (C=O) groups excluding carboxylic acids is 1. The smallest absolute Gasteiger partial charge is 0.227 e. The fourth-order valence-electron chi connectivity index (χ4n) is 2.61. The van der Waals surface area contributed by atoms with E-state index in [1.54, 1.807) is 23.1 Å². The third-order valence-corrected chi connectivity index (χ3v) is 4.70. The van der Waals surface area contributed by atoms with Gasteiger partial charge in [0.2, 0.25) is 5.91 Å². The molecule has 0 bridgehead atoms. The average molecular weight is 300 g/mol. The van der Waals surface area contributed by atoms with Crippen LogP contribution in [0.4, 0.5) is 0 Å². The van der Waals surface area contributed by atoms with Crippen molar-refractivity contribution in [1.29, 1.82) is 0 Å². The summed E-state index contributed by atoms with van der Waals surface area (Å²) in [4.78, 5) is 13.8. The Labute approximate surface area is 122 Å². The van der Waals surface area contributed by atoms with Gasteiger partial charge in [0.05, 0.1) is 29.6 Å². The van der Waals surface area contributed by atoms with E-state index in [0.717, 1.165) is 18.4 Å². The molecule has 1 saturated carbocycles. The van der Waals surface area contributed by atoms with E-state index in [4.69, 9.17) is 23.2 Å². The number of aliphatic hydroxyl groups is 1. The summed E-state index contributed by atoms with van der Waals surface area (Å²) in [6.45, 7) is 0.940. The summed E-state index contributed by atoms with van der Waals surface area (Å²) in [7, 11) is 0. The second-order valence-corrected chi connectivity index (χ2v) is 6.37. The maximum absolute atomic E-state index is 12.1. The molecular formula is C14H15Cl2NO2. The molecule has 1 heterocycles. The first kappa shape index (κ1) is 13.2. The van der Waals surface area contributed by atoms with Crippen molar-refractivity contribution in [2.24, 2.45) is 5.92 Å². The molecule has 19 heavy (non-hydrogen) atoms. The molecule has 0 spiro atoms. The molecule has 102 valence electrons. The van der Waals surface area contributed by atoms with E-state index in [2.05, 4.69) is 0 Å². The highest BCUT2D eigenvalue weighted by Gasteiger charge is 2.53. The Balaban J connectivity index is 1.58. The summed E-state index contributed by atoms with van der Waals surface area (Å²) < 4.78 is 0. The molecule has 3 nitrogen and oxygen atoms in total. The van der Waals surface area contributed by atoms with E-state index in [1.807, 2.05) is 0 Å². The summed E-state index contributed by atoms with van der Waals surface area (Å²) in [5, 5.41) is 11.1. The Bertz CT molecular complexity index is 522. The van der Waals surface area contributed by atoms with E-state index >= 15 is 0 Å². The molecule has 1 amide bonds. The van der Waals surface area contributed by atoms with Gasteiger partial charge in [-0.1, -0.05) is 29.3 Å². The maximum Gasteiger partial charge on any atom is 0.227 e. The number of carbonyl (C=O) groups is 1. The largest absolute Gasteiger partial charge is 0.386 e. The van der Waals surface area contributed by atoms with Gasteiger partial charge in [0, 0.05) is 0 Å². The molecule has 0 atom stereocenters. The van der Waals surface area contributed by atoms with E-state index in [0.29, 0.717) is 35.5 Å². The Kier molecular flexibility index (Phi) is 3.24. The number of benzene rings is 1. The maximum atomic E-state index is 12.1. The van der Waals surface area contributed by atoms with Gasteiger partial charge in [-0.05, 0) is 36.5 Å². The van der Waals surface area contributed by atoms with Gasteiger partial charge >= 0.3 is 0 Å². The zero-order valence-electron chi connectivity index (χ0n) is 10.4. The number of nitrogens with zero attached hydrogens (tertiary/aromatic N) is 1. The van der Waals surface area contributed by atoms with Crippen LogP contribution in [0.25, 0.3) is 0 Å². The number of amides is 1. The quantitative estimate of drug-likeness (QED) is 0.932. The van der Waals surface area contributed by atoms with Crippen LogP contribution in [-0.2, 0) is 11.2 Å². The highest BCUT2D eigenvalue weighted by molar-refractivity contribution is 6.42. The number of halogens is 2. The van der Waals surface area contributed by atoms with Crippen LogP contribution in [0.1, 0.15) is 18.4 Å². The lowest BCUT2D eigenvalue weighted by Gasteiger charge is -2.47. The molecule has 1 aliphatic carbocycles. The van der Waals surface area contributed by atoms with Crippen molar-refractivity contribution in [3.63, 3.8) is 0 Å². The zero-order valence-corrected chi connectivity index (χ0v) is 11.9. The average Bonchev–Trinajstić information content (AvgIpc) is 3.14. The van der Waals surface area contributed by atoms with Gasteiger partial charge in [0.15, 0.2) is 0 Å². The van der Waals surface area contributed by atoms with Crippen molar-refractivity contribution < 1.29 is 9.90 Å². The fraction of sp³-hybridized carbons (Fsp3) is 0.500. The zero-order chi connectivity index (χ0) is 13.6. The summed E-state index contributed by atoms with van der Waals surface area (Å²) in [6, 6.07) is 5.22. The van der Waals surface area contributed by atoms with Crippen molar-refractivity contribution >= 4 is 29.1 Å². The second kappa shape index (κ2) is 4.65. The topological polar surface area (TPSA) is 40.5 Å². The molecule has 0 radical (unpaired) electrons. The first-order valence-electron chi connectivity index (χ1n) is 6.42.